The molecule has 0 saturated heterocycles. The van der Waals surface area contributed by atoms with Gasteiger partial charge in [-0.25, -0.2) is 4.39 Å². The summed E-state index contributed by atoms with van der Waals surface area (Å²) in [6.45, 7) is 1.98. The van der Waals surface area contributed by atoms with Gasteiger partial charge in [-0.2, -0.15) is 0 Å². The highest BCUT2D eigenvalue weighted by atomic mass is 35.5. The van der Waals surface area contributed by atoms with Crippen molar-refractivity contribution >= 4 is 17.4 Å². The topological polar surface area (TPSA) is 67.8 Å². The fourth-order valence-electron chi connectivity index (χ4n) is 1.78. The van der Waals surface area contributed by atoms with Crippen LogP contribution < -0.4 is 10.5 Å². The number of nitrogens with zero attached hydrogens (tertiary/aromatic N) is 1. The molecule has 0 atom stereocenters. The number of ether oxygens (including phenoxy) is 1. The van der Waals surface area contributed by atoms with E-state index in [4.69, 9.17) is 27.3 Å². The second kappa shape index (κ2) is 6.45. The Balaban J connectivity index is 2.21. The molecule has 0 aliphatic heterocycles. The molecule has 0 unspecified atom stereocenters. The summed E-state index contributed by atoms with van der Waals surface area (Å²) >= 11 is 5.99. The van der Waals surface area contributed by atoms with Gasteiger partial charge in [0, 0.05) is 16.1 Å². The van der Waals surface area contributed by atoms with Gasteiger partial charge in [0.15, 0.2) is 5.84 Å². The lowest BCUT2D eigenvalue weighted by atomic mass is 10.1. The molecule has 4 nitrogen and oxygen atoms in total. The van der Waals surface area contributed by atoms with Gasteiger partial charge in [-0.1, -0.05) is 28.9 Å². The lowest BCUT2D eigenvalue weighted by molar-refractivity contribution is 0.303. The summed E-state index contributed by atoms with van der Waals surface area (Å²) in [4.78, 5) is 0. The van der Waals surface area contributed by atoms with Crippen LogP contribution in [0.4, 0.5) is 4.39 Å². The maximum atomic E-state index is 13.2. The summed E-state index contributed by atoms with van der Waals surface area (Å²) < 4.78 is 18.8. The van der Waals surface area contributed by atoms with Crippen LogP contribution >= 0.6 is 11.6 Å². The van der Waals surface area contributed by atoms with Crippen molar-refractivity contribution in [3.63, 3.8) is 0 Å². The monoisotopic (exact) mass is 308 g/mol. The third kappa shape index (κ3) is 3.64. The Morgan fingerprint density at radius 2 is 2.10 bits per heavy atom. The van der Waals surface area contributed by atoms with Gasteiger partial charge in [-0.3, -0.25) is 0 Å². The number of nitrogens with two attached hydrogens (primary N) is 1. The van der Waals surface area contributed by atoms with E-state index in [0.717, 1.165) is 5.56 Å². The summed E-state index contributed by atoms with van der Waals surface area (Å²) in [5.41, 5.74) is 7.49. The van der Waals surface area contributed by atoms with E-state index in [2.05, 4.69) is 5.16 Å². The molecule has 0 aliphatic rings. The standard InChI is InChI=1S/C15H14ClFN2O2/c1-9-2-3-10(15(18)19-20)7-14(9)21-8-11-6-12(17)4-5-13(11)16/h2-7,20H,8H2,1H3,(H2,18,19). The average Bonchev–Trinajstić information content (AvgIpc) is 2.48. The molecule has 0 fully saturated rings. The molecule has 2 aromatic carbocycles. The highest BCUT2D eigenvalue weighted by Gasteiger charge is 2.08. The second-order valence-corrected chi connectivity index (χ2v) is 4.90. The Labute approximate surface area is 126 Å². The Morgan fingerprint density at radius 3 is 2.81 bits per heavy atom. The van der Waals surface area contributed by atoms with Gasteiger partial charge < -0.3 is 15.7 Å². The molecular weight excluding hydrogens is 295 g/mol. The zero-order valence-corrected chi connectivity index (χ0v) is 12.1. The summed E-state index contributed by atoms with van der Waals surface area (Å²) in [5, 5.41) is 12.1. The normalized spacial score (nSPS) is 11.5. The van der Waals surface area contributed by atoms with E-state index in [1.165, 1.54) is 18.2 Å². The summed E-state index contributed by atoms with van der Waals surface area (Å²) in [6.07, 6.45) is 0. The molecule has 0 aromatic heterocycles. The Morgan fingerprint density at radius 1 is 1.33 bits per heavy atom. The maximum Gasteiger partial charge on any atom is 0.170 e. The Kier molecular flexibility index (Phi) is 4.65. The number of hydrogen-bond acceptors (Lipinski definition) is 3. The minimum absolute atomic E-state index is 0.0105. The van der Waals surface area contributed by atoms with Crippen LogP contribution in [-0.4, -0.2) is 11.0 Å². The third-order valence-electron chi connectivity index (χ3n) is 2.98. The number of hydrogen-bond donors (Lipinski definition) is 2. The average molecular weight is 309 g/mol. The minimum Gasteiger partial charge on any atom is -0.489 e. The molecule has 0 radical (unpaired) electrons. The molecule has 0 aliphatic carbocycles. The maximum absolute atomic E-state index is 13.2. The molecule has 6 heteroatoms. The molecule has 3 N–H and O–H groups in total. The molecule has 0 bridgehead atoms. The van der Waals surface area contributed by atoms with Crippen molar-refractivity contribution in [3.05, 3.63) is 63.9 Å². The summed E-state index contributed by atoms with van der Waals surface area (Å²) in [5.74, 6) is 0.170. The lowest BCUT2D eigenvalue weighted by Gasteiger charge is -2.11. The van der Waals surface area contributed by atoms with Crippen LogP contribution in [0.15, 0.2) is 41.6 Å². The number of oxime groups is 1. The van der Waals surface area contributed by atoms with Crippen molar-refractivity contribution in [2.24, 2.45) is 10.9 Å². The number of halogens is 2. The smallest absolute Gasteiger partial charge is 0.170 e. The van der Waals surface area contributed by atoms with Crippen LogP contribution in [0.1, 0.15) is 16.7 Å². The number of rotatable bonds is 4. The SMILES string of the molecule is Cc1ccc(/C(N)=N/O)cc1OCc1cc(F)ccc1Cl. The van der Waals surface area contributed by atoms with E-state index in [9.17, 15) is 4.39 Å². The molecule has 0 heterocycles. The van der Waals surface area contributed by atoms with Crippen molar-refractivity contribution in [1.82, 2.24) is 0 Å². The quantitative estimate of drug-likeness (QED) is 0.393. The predicted octanol–water partition coefficient (Wildman–Crippen LogP) is 3.46. The van der Waals surface area contributed by atoms with E-state index in [1.807, 2.05) is 6.92 Å². The number of aryl methyl sites for hydroxylation is 1. The minimum atomic E-state index is -0.375. The van der Waals surface area contributed by atoms with Crippen LogP contribution in [0, 0.1) is 12.7 Å². The first-order valence-corrected chi connectivity index (χ1v) is 6.54. The fraction of sp³-hybridized carbons (Fsp3) is 0.133. The Hall–Kier alpha value is -2.27. The van der Waals surface area contributed by atoms with Gasteiger partial charge in [0.1, 0.15) is 18.2 Å². The summed E-state index contributed by atoms with van der Waals surface area (Å²) in [6, 6.07) is 9.25. The molecule has 110 valence electrons. The first-order valence-electron chi connectivity index (χ1n) is 6.16. The van der Waals surface area contributed by atoms with Crippen LogP contribution in [0.25, 0.3) is 0 Å². The molecule has 21 heavy (non-hydrogen) atoms. The molecule has 0 spiro atoms. The third-order valence-corrected chi connectivity index (χ3v) is 3.35. The second-order valence-electron chi connectivity index (χ2n) is 4.49. The highest BCUT2D eigenvalue weighted by molar-refractivity contribution is 6.31. The van der Waals surface area contributed by atoms with Gasteiger partial charge in [0.2, 0.25) is 0 Å². The zero-order valence-electron chi connectivity index (χ0n) is 11.3. The molecular formula is C15H14ClFN2O2. The van der Waals surface area contributed by atoms with E-state index in [-0.39, 0.29) is 18.3 Å². The first kappa shape index (κ1) is 15.1. The molecule has 2 rings (SSSR count). The molecule has 0 saturated carbocycles. The lowest BCUT2D eigenvalue weighted by Crippen LogP contribution is -2.13. The summed E-state index contributed by atoms with van der Waals surface area (Å²) in [7, 11) is 0. The first-order chi connectivity index (χ1) is 10.0. The van der Waals surface area contributed by atoms with Gasteiger partial charge in [-0.15, -0.1) is 0 Å². The van der Waals surface area contributed by atoms with Gasteiger partial charge in [0.05, 0.1) is 0 Å². The molecule has 2 aromatic rings. The van der Waals surface area contributed by atoms with Crippen molar-refractivity contribution < 1.29 is 14.3 Å². The van der Waals surface area contributed by atoms with Gasteiger partial charge >= 0.3 is 0 Å². The van der Waals surface area contributed by atoms with Crippen molar-refractivity contribution in [2.75, 3.05) is 0 Å². The number of benzene rings is 2. The Bertz CT molecular complexity index is 689. The van der Waals surface area contributed by atoms with E-state index >= 15 is 0 Å². The van der Waals surface area contributed by atoms with Gasteiger partial charge in [-0.05, 0) is 36.8 Å². The van der Waals surface area contributed by atoms with E-state index in [1.54, 1.807) is 18.2 Å². The van der Waals surface area contributed by atoms with Crippen molar-refractivity contribution in [2.45, 2.75) is 13.5 Å². The van der Waals surface area contributed by atoms with E-state index in [0.29, 0.717) is 21.9 Å². The van der Waals surface area contributed by atoms with Crippen molar-refractivity contribution in [3.8, 4) is 5.75 Å². The highest BCUT2D eigenvalue weighted by Crippen LogP contribution is 2.23. The zero-order chi connectivity index (χ0) is 15.4. The predicted molar refractivity (Wildman–Crippen MR) is 79.4 cm³/mol. The largest absolute Gasteiger partial charge is 0.489 e. The van der Waals surface area contributed by atoms with Crippen LogP contribution in [0.5, 0.6) is 5.75 Å². The van der Waals surface area contributed by atoms with Crippen LogP contribution in [0.2, 0.25) is 5.02 Å². The van der Waals surface area contributed by atoms with Gasteiger partial charge in [0.25, 0.3) is 0 Å². The fourth-order valence-corrected chi connectivity index (χ4v) is 1.95. The van der Waals surface area contributed by atoms with Crippen LogP contribution in [-0.2, 0) is 6.61 Å². The van der Waals surface area contributed by atoms with Crippen LogP contribution in [0.3, 0.4) is 0 Å². The van der Waals surface area contributed by atoms with Crippen molar-refractivity contribution in [1.29, 1.82) is 0 Å². The van der Waals surface area contributed by atoms with E-state index < -0.39 is 0 Å². The number of amidine groups is 1. The molecule has 0 amide bonds.